The van der Waals surface area contributed by atoms with Crippen molar-refractivity contribution in [3.63, 3.8) is 0 Å². The number of allylic oxidation sites excluding steroid dienone is 1. The van der Waals surface area contributed by atoms with Crippen molar-refractivity contribution < 1.29 is 23.9 Å². The number of esters is 1. The molecule has 150 valence electrons. The van der Waals surface area contributed by atoms with Crippen molar-refractivity contribution in [3.8, 4) is 0 Å². The summed E-state index contributed by atoms with van der Waals surface area (Å²) in [6.45, 7) is 0. The Kier molecular flexibility index (Phi) is 4.66. The third-order valence-electron chi connectivity index (χ3n) is 5.59. The molecule has 9 heteroatoms. The van der Waals surface area contributed by atoms with E-state index >= 15 is 0 Å². The van der Waals surface area contributed by atoms with Gasteiger partial charge in [-0.15, -0.1) is 22.7 Å². The molecule has 0 radical (unpaired) electrons. The molecule has 29 heavy (non-hydrogen) atoms. The molecule has 4 amide bonds. The average molecular weight is 431 g/mol. The molecule has 0 bridgehead atoms. The number of thiophene rings is 2. The van der Waals surface area contributed by atoms with Crippen LogP contribution < -0.4 is 0 Å². The van der Waals surface area contributed by atoms with Crippen LogP contribution in [0.5, 0.6) is 0 Å². The standard InChI is InChI=1S/C20H18N2O5S2/c1-21-17(24)20(18(25)22(2)19(21)26)12(13-6-4-8-28-13)10-11(16(23)27-3)15(20)14-7-5-9-29-14/h4-10,12,15H,1-3H3/t12-,15+/m0/s1. The topological polar surface area (TPSA) is 84.0 Å². The van der Waals surface area contributed by atoms with Gasteiger partial charge in [0.25, 0.3) is 0 Å². The number of barbiturate groups is 1. The summed E-state index contributed by atoms with van der Waals surface area (Å²) >= 11 is 2.75. The number of ether oxygens (including phenoxy) is 1. The highest BCUT2D eigenvalue weighted by Gasteiger charge is 2.68. The summed E-state index contributed by atoms with van der Waals surface area (Å²) in [7, 11) is 4.00. The van der Waals surface area contributed by atoms with Crippen LogP contribution in [-0.2, 0) is 19.1 Å². The van der Waals surface area contributed by atoms with Crippen molar-refractivity contribution >= 4 is 46.5 Å². The lowest BCUT2D eigenvalue weighted by Gasteiger charge is -2.45. The van der Waals surface area contributed by atoms with Gasteiger partial charge in [0, 0.05) is 41.3 Å². The molecule has 2 atom stereocenters. The summed E-state index contributed by atoms with van der Waals surface area (Å²) in [4.78, 5) is 55.9. The van der Waals surface area contributed by atoms with Crippen LogP contribution in [-0.4, -0.2) is 54.8 Å². The van der Waals surface area contributed by atoms with Gasteiger partial charge >= 0.3 is 12.0 Å². The number of amides is 4. The zero-order chi connectivity index (χ0) is 20.9. The average Bonchev–Trinajstić information content (AvgIpc) is 3.48. The molecule has 1 aliphatic heterocycles. The van der Waals surface area contributed by atoms with Crippen LogP contribution >= 0.6 is 22.7 Å². The molecule has 3 heterocycles. The zero-order valence-electron chi connectivity index (χ0n) is 15.9. The second-order valence-corrected chi connectivity index (χ2v) is 8.89. The molecule has 2 aliphatic rings. The summed E-state index contributed by atoms with van der Waals surface area (Å²) in [6.07, 6.45) is 1.66. The Morgan fingerprint density at radius 3 is 2.03 bits per heavy atom. The molecular weight excluding hydrogens is 412 g/mol. The van der Waals surface area contributed by atoms with E-state index < -0.39 is 41.1 Å². The molecule has 1 spiro atoms. The van der Waals surface area contributed by atoms with E-state index in [-0.39, 0.29) is 5.57 Å². The maximum atomic E-state index is 13.7. The normalized spacial score (nSPS) is 23.7. The molecule has 2 aromatic rings. The Bertz CT molecular complexity index is 1000. The maximum Gasteiger partial charge on any atom is 0.334 e. The van der Waals surface area contributed by atoms with Crippen LogP contribution in [0.2, 0.25) is 0 Å². The molecular formula is C20H18N2O5S2. The van der Waals surface area contributed by atoms with Crippen LogP contribution in [0.4, 0.5) is 4.79 Å². The highest BCUT2D eigenvalue weighted by atomic mass is 32.1. The first-order chi connectivity index (χ1) is 13.9. The number of carbonyl (C=O) groups is 4. The van der Waals surface area contributed by atoms with E-state index in [1.165, 1.54) is 43.9 Å². The highest BCUT2D eigenvalue weighted by Crippen LogP contribution is 2.60. The van der Waals surface area contributed by atoms with Crippen LogP contribution in [0.25, 0.3) is 0 Å². The fourth-order valence-electron chi connectivity index (χ4n) is 4.30. The molecule has 4 rings (SSSR count). The minimum absolute atomic E-state index is 0.256. The second-order valence-electron chi connectivity index (χ2n) is 6.94. The first-order valence-electron chi connectivity index (χ1n) is 8.82. The first kappa shape index (κ1) is 19.5. The minimum Gasteiger partial charge on any atom is -0.466 e. The number of urea groups is 1. The van der Waals surface area contributed by atoms with E-state index in [1.807, 2.05) is 22.9 Å². The molecule has 1 aliphatic carbocycles. The molecule has 2 aromatic heterocycles. The van der Waals surface area contributed by atoms with E-state index in [2.05, 4.69) is 0 Å². The van der Waals surface area contributed by atoms with Crippen LogP contribution in [0.3, 0.4) is 0 Å². The number of hydrogen-bond acceptors (Lipinski definition) is 7. The quantitative estimate of drug-likeness (QED) is 0.552. The molecule has 1 fully saturated rings. The summed E-state index contributed by atoms with van der Waals surface area (Å²) in [5, 5.41) is 3.68. The van der Waals surface area contributed by atoms with Gasteiger partial charge in [0.2, 0.25) is 11.8 Å². The summed E-state index contributed by atoms with van der Waals surface area (Å²) < 4.78 is 4.99. The van der Waals surface area contributed by atoms with Crippen LogP contribution in [0.15, 0.2) is 46.7 Å². The van der Waals surface area contributed by atoms with Crippen molar-refractivity contribution in [2.24, 2.45) is 5.41 Å². The van der Waals surface area contributed by atoms with Gasteiger partial charge in [-0.3, -0.25) is 19.4 Å². The van der Waals surface area contributed by atoms with E-state index in [9.17, 15) is 19.2 Å². The number of nitrogens with zero attached hydrogens (tertiary/aromatic N) is 2. The van der Waals surface area contributed by atoms with Gasteiger partial charge in [0.1, 0.15) is 0 Å². The van der Waals surface area contributed by atoms with Crippen LogP contribution in [0.1, 0.15) is 21.6 Å². The Labute approximate surface area is 175 Å². The van der Waals surface area contributed by atoms with Gasteiger partial charge in [0.05, 0.1) is 7.11 Å². The maximum absolute atomic E-state index is 13.7. The molecule has 0 unspecified atom stereocenters. The van der Waals surface area contributed by atoms with Gasteiger partial charge in [-0.05, 0) is 22.9 Å². The lowest BCUT2D eigenvalue weighted by molar-refractivity contribution is -0.158. The Balaban J connectivity index is 2.04. The predicted molar refractivity (Wildman–Crippen MR) is 108 cm³/mol. The van der Waals surface area contributed by atoms with E-state index in [1.54, 1.807) is 18.2 Å². The fourth-order valence-corrected chi connectivity index (χ4v) is 6.09. The summed E-state index contributed by atoms with van der Waals surface area (Å²) in [6, 6.07) is 6.57. The van der Waals surface area contributed by atoms with Crippen molar-refractivity contribution in [2.45, 2.75) is 11.8 Å². The summed E-state index contributed by atoms with van der Waals surface area (Å²) in [5.74, 6) is -3.36. The predicted octanol–water partition coefficient (Wildman–Crippen LogP) is 2.83. The number of rotatable bonds is 3. The van der Waals surface area contributed by atoms with Gasteiger partial charge < -0.3 is 4.74 Å². The molecule has 0 saturated carbocycles. The molecule has 0 aromatic carbocycles. The number of imide groups is 2. The third kappa shape index (κ3) is 2.54. The minimum atomic E-state index is -1.67. The zero-order valence-corrected chi connectivity index (χ0v) is 17.6. The number of methoxy groups -OCH3 is 1. The Morgan fingerprint density at radius 2 is 1.55 bits per heavy atom. The highest BCUT2D eigenvalue weighted by molar-refractivity contribution is 7.10. The monoisotopic (exact) mass is 430 g/mol. The van der Waals surface area contributed by atoms with Crippen molar-refractivity contribution in [2.75, 3.05) is 21.2 Å². The smallest absolute Gasteiger partial charge is 0.334 e. The van der Waals surface area contributed by atoms with E-state index in [0.717, 1.165) is 14.7 Å². The number of carbonyl (C=O) groups excluding carboxylic acids is 4. The van der Waals surface area contributed by atoms with E-state index in [0.29, 0.717) is 4.88 Å². The lowest BCUT2D eigenvalue weighted by atomic mass is 9.65. The summed E-state index contributed by atoms with van der Waals surface area (Å²) in [5.41, 5.74) is -1.41. The molecule has 7 nitrogen and oxygen atoms in total. The Morgan fingerprint density at radius 1 is 1.00 bits per heavy atom. The Hall–Kier alpha value is -2.78. The van der Waals surface area contributed by atoms with Gasteiger partial charge in [-0.2, -0.15) is 0 Å². The fraction of sp³-hybridized carbons (Fsp3) is 0.300. The largest absolute Gasteiger partial charge is 0.466 e. The van der Waals surface area contributed by atoms with Crippen molar-refractivity contribution in [1.29, 1.82) is 0 Å². The SMILES string of the molecule is COC(=O)C1=C[C@@H](c2cccs2)C2(C(=O)N(C)C(=O)N(C)C2=O)[C@H]1c1cccs1. The van der Waals surface area contributed by atoms with Crippen molar-refractivity contribution in [1.82, 2.24) is 9.80 Å². The van der Waals surface area contributed by atoms with E-state index in [4.69, 9.17) is 4.74 Å². The van der Waals surface area contributed by atoms with Gasteiger partial charge in [0.15, 0.2) is 5.41 Å². The number of hydrogen-bond donors (Lipinski definition) is 0. The van der Waals surface area contributed by atoms with Crippen LogP contribution in [0, 0.1) is 5.41 Å². The lowest BCUT2D eigenvalue weighted by Crippen LogP contribution is -2.65. The van der Waals surface area contributed by atoms with Gasteiger partial charge in [-0.1, -0.05) is 18.2 Å². The van der Waals surface area contributed by atoms with Gasteiger partial charge in [-0.25, -0.2) is 9.59 Å². The second kappa shape index (κ2) is 6.93. The molecule has 1 saturated heterocycles. The third-order valence-corrected chi connectivity index (χ3v) is 7.49. The molecule has 0 N–H and O–H groups in total. The van der Waals surface area contributed by atoms with Crippen molar-refractivity contribution in [3.05, 3.63) is 56.4 Å². The first-order valence-corrected chi connectivity index (χ1v) is 10.6.